The molecule has 0 aromatic heterocycles. The summed E-state index contributed by atoms with van der Waals surface area (Å²) >= 11 is 0. The molecule has 0 saturated carbocycles. The monoisotopic (exact) mass is 226 g/mol. The lowest BCUT2D eigenvalue weighted by Gasteiger charge is -2.39. The maximum atomic E-state index is 3.51. The zero-order chi connectivity index (χ0) is 12.0. The van der Waals surface area contributed by atoms with E-state index >= 15 is 0 Å². The Bertz CT molecular complexity index is 172. The molecular weight excluding hydrogens is 196 g/mol. The zero-order valence-electron chi connectivity index (χ0n) is 11.6. The SMILES string of the molecule is CCNCC(C(C)C)N1CCC(CC)CC1. The van der Waals surface area contributed by atoms with E-state index in [9.17, 15) is 0 Å². The Morgan fingerprint density at radius 3 is 2.25 bits per heavy atom. The van der Waals surface area contributed by atoms with E-state index in [4.69, 9.17) is 0 Å². The molecule has 1 fully saturated rings. The van der Waals surface area contributed by atoms with Crippen LogP contribution in [0.5, 0.6) is 0 Å². The summed E-state index contributed by atoms with van der Waals surface area (Å²) in [6.07, 6.45) is 4.19. The average Bonchev–Trinajstić information content (AvgIpc) is 2.30. The van der Waals surface area contributed by atoms with Crippen LogP contribution in [0, 0.1) is 11.8 Å². The summed E-state index contributed by atoms with van der Waals surface area (Å²) in [6.45, 7) is 14.1. The minimum absolute atomic E-state index is 0.734. The van der Waals surface area contributed by atoms with Gasteiger partial charge in [0, 0.05) is 12.6 Å². The van der Waals surface area contributed by atoms with Gasteiger partial charge in [-0.1, -0.05) is 34.1 Å². The van der Waals surface area contributed by atoms with Gasteiger partial charge in [-0.2, -0.15) is 0 Å². The molecule has 1 N–H and O–H groups in total. The molecule has 1 atom stereocenters. The Hall–Kier alpha value is -0.0800. The molecule has 0 spiro atoms. The van der Waals surface area contributed by atoms with Crippen molar-refractivity contribution < 1.29 is 0 Å². The average molecular weight is 226 g/mol. The van der Waals surface area contributed by atoms with Crippen LogP contribution in [0.2, 0.25) is 0 Å². The van der Waals surface area contributed by atoms with Crippen molar-refractivity contribution in [3.05, 3.63) is 0 Å². The van der Waals surface area contributed by atoms with E-state index in [2.05, 4.69) is 37.9 Å². The van der Waals surface area contributed by atoms with Crippen LogP contribution in [-0.4, -0.2) is 37.1 Å². The van der Waals surface area contributed by atoms with E-state index in [0.717, 1.165) is 31.0 Å². The predicted molar refractivity (Wildman–Crippen MR) is 71.8 cm³/mol. The molecule has 0 radical (unpaired) electrons. The quantitative estimate of drug-likeness (QED) is 0.749. The van der Waals surface area contributed by atoms with E-state index in [0.29, 0.717) is 0 Å². The molecular formula is C14H30N2. The van der Waals surface area contributed by atoms with E-state index in [1.54, 1.807) is 0 Å². The molecule has 2 heteroatoms. The number of rotatable bonds is 6. The first-order valence-corrected chi connectivity index (χ1v) is 7.13. The van der Waals surface area contributed by atoms with Crippen molar-refractivity contribution in [1.29, 1.82) is 0 Å². The Kier molecular flexibility index (Phi) is 6.37. The van der Waals surface area contributed by atoms with Crippen LogP contribution in [0.25, 0.3) is 0 Å². The van der Waals surface area contributed by atoms with Crippen LogP contribution in [0.3, 0.4) is 0 Å². The van der Waals surface area contributed by atoms with Gasteiger partial charge in [-0.3, -0.25) is 4.90 Å². The highest BCUT2D eigenvalue weighted by molar-refractivity contribution is 4.81. The Balaban J connectivity index is 2.40. The minimum atomic E-state index is 0.734. The van der Waals surface area contributed by atoms with Crippen LogP contribution < -0.4 is 5.32 Å². The molecule has 1 aliphatic rings. The minimum Gasteiger partial charge on any atom is -0.315 e. The number of hydrogen-bond donors (Lipinski definition) is 1. The lowest BCUT2D eigenvalue weighted by Crippen LogP contribution is -2.48. The second-order valence-corrected chi connectivity index (χ2v) is 5.51. The molecule has 0 bridgehead atoms. The van der Waals surface area contributed by atoms with Crippen molar-refractivity contribution in [2.24, 2.45) is 11.8 Å². The second-order valence-electron chi connectivity index (χ2n) is 5.51. The fourth-order valence-corrected chi connectivity index (χ4v) is 2.77. The largest absolute Gasteiger partial charge is 0.315 e. The van der Waals surface area contributed by atoms with Gasteiger partial charge in [0.2, 0.25) is 0 Å². The lowest BCUT2D eigenvalue weighted by atomic mass is 9.91. The number of piperidine rings is 1. The van der Waals surface area contributed by atoms with Crippen molar-refractivity contribution in [3.8, 4) is 0 Å². The number of hydrogen-bond acceptors (Lipinski definition) is 2. The topological polar surface area (TPSA) is 15.3 Å². The third-order valence-corrected chi connectivity index (χ3v) is 4.07. The van der Waals surface area contributed by atoms with Gasteiger partial charge in [-0.05, 0) is 44.3 Å². The van der Waals surface area contributed by atoms with E-state index in [1.807, 2.05) is 0 Å². The predicted octanol–water partition coefficient (Wildman–Crippen LogP) is 2.74. The molecule has 1 aliphatic heterocycles. The highest BCUT2D eigenvalue weighted by atomic mass is 15.2. The van der Waals surface area contributed by atoms with Crippen LogP contribution in [-0.2, 0) is 0 Å². The first-order valence-electron chi connectivity index (χ1n) is 7.13. The summed E-state index contributed by atoms with van der Waals surface area (Å²) in [5.74, 6) is 1.75. The van der Waals surface area contributed by atoms with Crippen LogP contribution in [0.4, 0.5) is 0 Å². The number of nitrogens with zero attached hydrogens (tertiary/aromatic N) is 1. The Morgan fingerprint density at radius 2 is 1.81 bits per heavy atom. The maximum Gasteiger partial charge on any atom is 0.0243 e. The number of likely N-dealkylation sites (N-methyl/N-ethyl adjacent to an activating group) is 1. The molecule has 0 amide bonds. The van der Waals surface area contributed by atoms with Gasteiger partial charge < -0.3 is 5.32 Å². The van der Waals surface area contributed by atoms with Crippen LogP contribution >= 0.6 is 0 Å². The van der Waals surface area contributed by atoms with E-state index in [-0.39, 0.29) is 0 Å². The molecule has 1 unspecified atom stereocenters. The first kappa shape index (κ1) is 14.0. The zero-order valence-corrected chi connectivity index (χ0v) is 11.6. The van der Waals surface area contributed by atoms with Crippen LogP contribution in [0.1, 0.15) is 47.0 Å². The highest BCUT2D eigenvalue weighted by Gasteiger charge is 2.25. The Morgan fingerprint density at radius 1 is 1.19 bits per heavy atom. The summed E-state index contributed by atoms with van der Waals surface area (Å²) in [5, 5.41) is 3.51. The standard InChI is InChI=1S/C14H30N2/c1-5-13-7-9-16(10-8-13)14(12(3)4)11-15-6-2/h12-15H,5-11H2,1-4H3. The van der Waals surface area contributed by atoms with Gasteiger partial charge in [-0.25, -0.2) is 0 Å². The Labute approximate surface area is 102 Å². The van der Waals surface area contributed by atoms with Crippen molar-refractivity contribution in [2.45, 2.75) is 53.0 Å². The molecule has 16 heavy (non-hydrogen) atoms. The molecule has 2 nitrogen and oxygen atoms in total. The van der Waals surface area contributed by atoms with Gasteiger partial charge >= 0.3 is 0 Å². The lowest BCUT2D eigenvalue weighted by molar-refractivity contribution is 0.102. The summed E-state index contributed by atoms with van der Waals surface area (Å²) in [5.41, 5.74) is 0. The van der Waals surface area contributed by atoms with Gasteiger partial charge in [0.25, 0.3) is 0 Å². The molecule has 1 saturated heterocycles. The van der Waals surface area contributed by atoms with Gasteiger partial charge in [0.1, 0.15) is 0 Å². The summed E-state index contributed by atoms with van der Waals surface area (Å²) in [4.78, 5) is 2.71. The maximum absolute atomic E-state index is 3.51. The third kappa shape index (κ3) is 4.06. The van der Waals surface area contributed by atoms with E-state index < -0.39 is 0 Å². The van der Waals surface area contributed by atoms with Gasteiger partial charge in [0.05, 0.1) is 0 Å². The second kappa shape index (κ2) is 7.29. The number of nitrogens with one attached hydrogen (secondary N) is 1. The van der Waals surface area contributed by atoms with Crippen molar-refractivity contribution in [3.63, 3.8) is 0 Å². The summed E-state index contributed by atoms with van der Waals surface area (Å²) < 4.78 is 0. The van der Waals surface area contributed by atoms with Gasteiger partial charge in [-0.15, -0.1) is 0 Å². The third-order valence-electron chi connectivity index (χ3n) is 4.07. The number of likely N-dealkylation sites (tertiary alicyclic amines) is 1. The van der Waals surface area contributed by atoms with Crippen molar-refractivity contribution in [1.82, 2.24) is 10.2 Å². The summed E-state index contributed by atoms with van der Waals surface area (Å²) in [7, 11) is 0. The fraction of sp³-hybridized carbons (Fsp3) is 1.00. The van der Waals surface area contributed by atoms with Crippen molar-refractivity contribution in [2.75, 3.05) is 26.2 Å². The van der Waals surface area contributed by atoms with Gasteiger partial charge in [0.15, 0.2) is 0 Å². The molecule has 0 aromatic carbocycles. The normalized spacial score (nSPS) is 21.6. The van der Waals surface area contributed by atoms with Crippen molar-refractivity contribution >= 4 is 0 Å². The highest BCUT2D eigenvalue weighted by Crippen LogP contribution is 2.23. The van der Waals surface area contributed by atoms with Crippen LogP contribution in [0.15, 0.2) is 0 Å². The molecule has 1 rings (SSSR count). The molecule has 96 valence electrons. The summed E-state index contributed by atoms with van der Waals surface area (Å²) in [6, 6.07) is 0.734. The smallest absolute Gasteiger partial charge is 0.0243 e. The fourth-order valence-electron chi connectivity index (χ4n) is 2.77. The van der Waals surface area contributed by atoms with E-state index in [1.165, 1.54) is 32.4 Å². The molecule has 0 aromatic rings. The molecule has 0 aliphatic carbocycles. The molecule has 1 heterocycles. The first-order chi connectivity index (χ1) is 7.69.